The van der Waals surface area contributed by atoms with E-state index in [1.807, 2.05) is 24.3 Å². The van der Waals surface area contributed by atoms with Crippen LogP contribution in [-0.2, 0) is 0 Å². The number of hydrogen-bond donors (Lipinski definition) is 1. The minimum absolute atomic E-state index is 0.414. The van der Waals surface area contributed by atoms with Crippen LogP contribution in [0.25, 0.3) is 22.4 Å². The lowest BCUT2D eigenvalue weighted by molar-refractivity contribution is 0.357. The first-order chi connectivity index (χ1) is 11.7. The van der Waals surface area contributed by atoms with Crippen LogP contribution in [0, 0.1) is 5.92 Å². The lowest BCUT2D eigenvalue weighted by Gasteiger charge is -2.27. The number of rotatable bonds is 3. The van der Waals surface area contributed by atoms with Crippen molar-refractivity contribution in [2.75, 3.05) is 5.32 Å². The third-order valence-corrected chi connectivity index (χ3v) is 4.89. The summed E-state index contributed by atoms with van der Waals surface area (Å²) in [5.74, 6) is 1.34. The fraction of sp³-hybridized carbons (Fsp3) is 0.389. The summed E-state index contributed by atoms with van der Waals surface area (Å²) in [6.45, 7) is 2.30. The number of halogens is 1. The maximum Gasteiger partial charge on any atom is 0.223 e. The van der Waals surface area contributed by atoms with Crippen LogP contribution in [0.3, 0.4) is 0 Å². The molecule has 0 spiro atoms. The van der Waals surface area contributed by atoms with Crippen molar-refractivity contribution in [2.24, 2.45) is 5.92 Å². The first-order valence-corrected chi connectivity index (χ1v) is 8.72. The predicted octanol–water partition coefficient (Wildman–Crippen LogP) is 4.93. The SMILES string of the molecule is C[C@H]1CCC[C@@H](Nc2ncc(Cl)c(-c3noc4ccccc34)n2)C1. The van der Waals surface area contributed by atoms with Crippen molar-refractivity contribution in [3.05, 3.63) is 35.5 Å². The number of fused-ring (bicyclic) bond motifs is 1. The summed E-state index contributed by atoms with van der Waals surface area (Å²) in [4.78, 5) is 8.94. The molecule has 4 rings (SSSR count). The van der Waals surface area contributed by atoms with E-state index in [4.69, 9.17) is 16.1 Å². The van der Waals surface area contributed by atoms with Crippen molar-refractivity contribution in [3.63, 3.8) is 0 Å². The van der Waals surface area contributed by atoms with Gasteiger partial charge in [-0.3, -0.25) is 0 Å². The molecule has 6 heteroatoms. The van der Waals surface area contributed by atoms with Crippen molar-refractivity contribution < 1.29 is 4.52 Å². The molecule has 24 heavy (non-hydrogen) atoms. The van der Waals surface area contributed by atoms with E-state index in [9.17, 15) is 0 Å². The van der Waals surface area contributed by atoms with Crippen LogP contribution < -0.4 is 5.32 Å². The summed E-state index contributed by atoms with van der Waals surface area (Å²) >= 11 is 6.32. The Hall–Kier alpha value is -2.14. The topological polar surface area (TPSA) is 63.8 Å². The van der Waals surface area contributed by atoms with Crippen molar-refractivity contribution >= 4 is 28.5 Å². The quantitative estimate of drug-likeness (QED) is 0.731. The van der Waals surface area contributed by atoms with E-state index < -0.39 is 0 Å². The summed E-state index contributed by atoms with van der Waals surface area (Å²) in [5.41, 5.74) is 1.97. The van der Waals surface area contributed by atoms with E-state index in [-0.39, 0.29) is 0 Å². The van der Waals surface area contributed by atoms with Crippen molar-refractivity contribution in [3.8, 4) is 11.4 Å². The second-order valence-electron chi connectivity index (χ2n) is 6.53. The first kappa shape index (κ1) is 15.4. The molecule has 0 amide bonds. The zero-order valence-electron chi connectivity index (χ0n) is 13.5. The van der Waals surface area contributed by atoms with E-state index in [1.165, 1.54) is 12.8 Å². The van der Waals surface area contributed by atoms with Gasteiger partial charge in [0.2, 0.25) is 5.95 Å². The summed E-state index contributed by atoms with van der Waals surface area (Å²) in [7, 11) is 0. The molecule has 2 atom stereocenters. The van der Waals surface area contributed by atoms with Gasteiger partial charge in [-0.25, -0.2) is 9.97 Å². The van der Waals surface area contributed by atoms with Gasteiger partial charge in [0, 0.05) is 6.04 Å². The Bertz CT molecular complexity index is 863. The Morgan fingerprint density at radius 1 is 1.21 bits per heavy atom. The number of anilines is 1. The number of benzene rings is 1. The molecule has 1 fully saturated rings. The van der Waals surface area contributed by atoms with Gasteiger partial charge in [-0.05, 0) is 30.9 Å². The fourth-order valence-electron chi connectivity index (χ4n) is 3.41. The molecule has 0 saturated heterocycles. The minimum atomic E-state index is 0.414. The van der Waals surface area contributed by atoms with Crippen LogP contribution in [-0.4, -0.2) is 21.2 Å². The molecule has 5 nitrogen and oxygen atoms in total. The monoisotopic (exact) mass is 342 g/mol. The third kappa shape index (κ3) is 2.96. The molecule has 0 unspecified atom stereocenters. The lowest BCUT2D eigenvalue weighted by atomic mass is 9.87. The largest absolute Gasteiger partial charge is 0.356 e. The Labute approximate surface area is 145 Å². The van der Waals surface area contributed by atoms with Crippen LogP contribution in [0.5, 0.6) is 0 Å². The zero-order valence-corrected chi connectivity index (χ0v) is 14.3. The molecule has 1 N–H and O–H groups in total. The third-order valence-electron chi connectivity index (χ3n) is 4.62. The van der Waals surface area contributed by atoms with Gasteiger partial charge in [0.25, 0.3) is 0 Å². The van der Waals surface area contributed by atoms with Crippen LogP contribution >= 0.6 is 11.6 Å². The molecule has 0 radical (unpaired) electrons. The first-order valence-electron chi connectivity index (χ1n) is 8.34. The molecule has 1 saturated carbocycles. The maximum atomic E-state index is 6.32. The molecule has 1 aliphatic carbocycles. The number of nitrogens with zero attached hydrogens (tertiary/aromatic N) is 3. The van der Waals surface area contributed by atoms with E-state index in [2.05, 4.69) is 27.4 Å². The average Bonchev–Trinajstić information content (AvgIpc) is 3.01. The second kappa shape index (κ2) is 6.40. The van der Waals surface area contributed by atoms with Crippen molar-refractivity contribution in [1.29, 1.82) is 0 Å². The standard InChI is InChI=1S/C18H19ClN4O/c1-11-5-4-6-12(9-11)21-18-20-10-14(19)17(22-18)16-13-7-2-3-8-15(13)24-23-16/h2-3,7-8,10-12H,4-6,9H2,1H3,(H,20,21,22)/t11-,12+/m0/s1. The van der Waals surface area contributed by atoms with E-state index in [0.717, 1.165) is 29.7 Å². The highest BCUT2D eigenvalue weighted by molar-refractivity contribution is 6.33. The van der Waals surface area contributed by atoms with E-state index in [1.54, 1.807) is 6.20 Å². The summed E-state index contributed by atoms with van der Waals surface area (Å²) in [6, 6.07) is 8.10. The van der Waals surface area contributed by atoms with Gasteiger partial charge in [-0.1, -0.05) is 48.7 Å². The van der Waals surface area contributed by atoms with Crippen LogP contribution in [0.1, 0.15) is 32.6 Å². The predicted molar refractivity (Wildman–Crippen MR) is 95.1 cm³/mol. The zero-order chi connectivity index (χ0) is 16.5. The molecule has 3 aromatic rings. The van der Waals surface area contributed by atoms with Crippen molar-refractivity contribution in [2.45, 2.75) is 38.6 Å². The van der Waals surface area contributed by atoms with Crippen LogP contribution in [0.2, 0.25) is 5.02 Å². The normalized spacial score (nSPS) is 21.1. The Kier molecular flexibility index (Phi) is 4.10. The van der Waals surface area contributed by atoms with Gasteiger partial charge in [-0.15, -0.1) is 0 Å². The van der Waals surface area contributed by atoms with Gasteiger partial charge in [0.05, 0.1) is 16.6 Å². The molecule has 1 aliphatic rings. The van der Waals surface area contributed by atoms with E-state index >= 15 is 0 Å². The van der Waals surface area contributed by atoms with Gasteiger partial charge in [0.1, 0.15) is 11.4 Å². The number of hydrogen-bond acceptors (Lipinski definition) is 5. The Balaban J connectivity index is 1.66. The van der Waals surface area contributed by atoms with Gasteiger partial charge in [-0.2, -0.15) is 0 Å². The van der Waals surface area contributed by atoms with Crippen LogP contribution in [0.4, 0.5) is 5.95 Å². The van der Waals surface area contributed by atoms with Gasteiger partial charge < -0.3 is 9.84 Å². The lowest BCUT2D eigenvalue weighted by Crippen LogP contribution is -2.27. The molecular weight excluding hydrogens is 324 g/mol. The highest BCUT2D eigenvalue weighted by atomic mass is 35.5. The summed E-state index contributed by atoms with van der Waals surface area (Å²) in [6.07, 6.45) is 6.47. The molecule has 0 bridgehead atoms. The number of nitrogens with one attached hydrogen (secondary N) is 1. The number of aromatic nitrogens is 3. The van der Waals surface area contributed by atoms with Crippen LogP contribution in [0.15, 0.2) is 35.0 Å². The highest BCUT2D eigenvalue weighted by Gasteiger charge is 2.21. The molecule has 2 heterocycles. The molecule has 124 valence electrons. The summed E-state index contributed by atoms with van der Waals surface area (Å²) in [5, 5.41) is 8.97. The smallest absolute Gasteiger partial charge is 0.223 e. The van der Waals surface area contributed by atoms with Crippen molar-refractivity contribution in [1.82, 2.24) is 15.1 Å². The Morgan fingerprint density at radius 2 is 2.08 bits per heavy atom. The molecular formula is C18H19ClN4O. The molecule has 1 aromatic carbocycles. The molecule has 0 aliphatic heterocycles. The second-order valence-corrected chi connectivity index (χ2v) is 6.94. The van der Waals surface area contributed by atoms with Gasteiger partial charge in [0.15, 0.2) is 5.58 Å². The summed E-state index contributed by atoms with van der Waals surface area (Å²) < 4.78 is 5.37. The average molecular weight is 343 g/mol. The van der Waals surface area contributed by atoms with E-state index in [0.29, 0.717) is 28.4 Å². The fourth-order valence-corrected chi connectivity index (χ4v) is 3.59. The van der Waals surface area contributed by atoms with Gasteiger partial charge >= 0.3 is 0 Å². The molecule has 2 aromatic heterocycles. The maximum absolute atomic E-state index is 6.32. The minimum Gasteiger partial charge on any atom is -0.356 e. The number of para-hydroxylation sites is 1. The highest BCUT2D eigenvalue weighted by Crippen LogP contribution is 2.32. The Morgan fingerprint density at radius 3 is 2.96 bits per heavy atom.